The van der Waals surface area contributed by atoms with Crippen molar-refractivity contribution in [2.24, 2.45) is 17.6 Å². The fraction of sp³-hybridized carbons (Fsp3) is 0.909. The van der Waals surface area contributed by atoms with Crippen LogP contribution in [0, 0.1) is 11.8 Å². The first-order chi connectivity index (χ1) is 7.98. The summed E-state index contributed by atoms with van der Waals surface area (Å²) < 4.78 is 25.4. The lowest BCUT2D eigenvalue weighted by Crippen LogP contribution is -2.42. The molecule has 4 N–H and O–H groups in total. The predicted molar refractivity (Wildman–Crippen MR) is 59.5 cm³/mol. The van der Waals surface area contributed by atoms with Crippen molar-refractivity contribution in [3.8, 4) is 0 Å². The van der Waals surface area contributed by atoms with Gasteiger partial charge < -0.3 is 16.2 Å². The van der Waals surface area contributed by atoms with E-state index in [2.05, 4.69) is 5.32 Å². The molecule has 0 bridgehead atoms. The van der Waals surface area contributed by atoms with Crippen LogP contribution in [0.3, 0.4) is 0 Å². The second kappa shape index (κ2) is 6.26. The molecular formula is C11H20F2N2O2. The van der Waals surface area contributed by atoms with Crippen LogP contribution in [0.25, 0.3) is 0 Å². The highest BCUT2D eigenvalue weighted by atomic mass is 19.3. The number of nitrogens with one attached hydrogen (secondary N) is 1. The molecule has 4 nitrogen and oxygen atoms in total. The van der Waals surface area contributed by atoms with E-state index < -0.39 is 19.1 Å². The van der Waals surface area contributed by atoms with Gasteiger partial charge in [-0.15, -0.1) is 0 Å². The maximum Gasteiger partial charge on any atom is 0.287 e. The minimum Gasteiger partial charge on any atom is -0.390 e. The fourth-order valence-corrected chi connectivity index (χ4v) is 2.08. The number of hydrogen-bond donors (Lipinski definition) is 3. The highest BCUT2D eigenvalue weighted by molar-refractivity contribution is 5.78. The molecule has 100 valence electrons. The van der Waals surface area contributed by atoms with Crippen LogP contribution < -0.4 is 11.1 Å². The summed E-state index contributed by atoms with van der Waals surface area (Å²) in [5.74, 6) is -3.30. The van der Waals surface area contributed by atoms with Gasteiger partial charge in [-0.1, -0.05) is 0 Å². The number of alkyl halides is 2. The van der Waals surface area contributed by atoms with E-state index in [9.17, 15) is 13.6 Å². The van der Waals surface area contributed by atoms with Gasteiger partial charge in [0.1, 0.15) is 6.61 Å². The molecule has 0 saturated heterocycles. The number of hydrogen-bond acceptors (Lipinski definition) is 3. The Bertz CT molecular complexity index is 254. The normalized spacial score (nSPS) is 25.6. The zero-order valence-corrected chi connectivity index (χ0v) is 9.79. The molecule has 1 fully saturated rings. The second-order valence-electron chi connectivity index (χ2n) is 4.69. The first-order valence-corrected chi connectivity index (χ1v) is 5.95. The molecule has 0 radical (unpaired) electrons. The topological polar surface area (TPSA) is 75.4 Å². The van der Waals surface area contributed by atoms with Crippen molar-refractivity contribution in [3.63, 3.8) is 0 Å². The molecule has 0 heterocycles. The summed E-state index contributed by atoms with van der Waals surface area (Å²) in [4.78, 5) is 11.6. The zero-order chi connectivity index (χ0) is 12.9. The lowest BCUT2D eigenvalue weighted by atomic mass is 9.81. The van der Waals surface area contributed by atoms with Gasteiger partial charge in [0.2, 0.25) is 5.91 Å². The first kappa shape index (κ1) is 14.3. The highest BCUT2D eigenvalue weighted by Crippen LogP contribution is 2.28. The summed E-state index contributed by atoms with van der Waals surface area (Å²) in [5.41, 5.74) is 5.53. The van der Waals surface area contributed by atoms with Crippen LogP contribution in [0.15, 0.2) is 0 Å². The molecule has 0 aromatic rings. The molecule has 1 aliphatic carbocycles. The van der Waals surface area contributed by atoms with Crippen LogP contribution in [0.2, 0.25) is 0 Å². The Labute approximate surface area is 99.6 Å². The summed E-state index contributed by atoms with van der Waals surface area (Å²) in [7, 11) is 0. The van der Waals surface area contributed by atoms with Crippen molar-refractivity contribution in [2.75, 3.05) is 19.7 Å². The maximum atomic E-state index is 12.7. The second-order valence-corrected chi connectivity index (χ2v) is 4.69. The SMILES string of the molecule is NCC1CCC(C(=O)NCC(F)(F)CO)CC1. The summed E-state index contributed by atoms with van der Waals surface area (Å²) in [6, 6.07) is 0. The number of nitrogens with two attached hydrogens (primary N) is 1. The van der Waals surface area contributed by atoms with Crippen molar-refractivity contribution in [3.05, 3.63) is 0 Å². The number of amides is 1. The third-order valence-corrected chi connectivity index (χ3v) is 3.30. The van der Waals surface area contributed by atoms with Crippen molar-refractivity contribution in [2.45, 2.75) is 31.6 Å². The monoisotopic (exact) mass is 250 g/mol. The van der Waals surface area contributed by atoms with Crippen LogP contribution in [-0.2, 0) is 4.79 Å². The summed E-state index contributed by atoms with van der Waals surface area (Å²) in [6.45, 7) is -1.41. The Morgan fingerprint density at radius 1 is 1.35 bits per heavy atom. The lowest BCUT2D eigenvalue weighted by Gasteiger charge is -2.27. The summed E-state index contributed by atoms with van der Waals surface area (Å²) in [6.07, 6.45) is 3.17. The van der Waals surface area contributed by atoms with Gasteiger partial charge in [-0.25, -0.2) is 8.78 Å². The lowest BCUT2D eigenvalue weighted by molar-refractivity contribution is -0.129. The number of aliphatic hydroxyl groups is 1. The summed E-state index contributed by atoms with van der Waals surface area (Å²) >= 11 is 0. The van der Waals surface area contributed by atoms with Gasteiger partial charge in [0.25, 0.3) is 5.92 Å². The quantitative estimate of drug-likeness (QED) is 0.665. The molecule has 0 aromatic carbocycles. The van der Waals surface area contributed by atoms with E-state index in [1.807, 2.05) is 0 Å². The number of carbonyl (C=O) groups is 1. The van der Waals surface area contributed by atoms with Crippen molar-refractivity contribution < 1.29 is 18.7 Å². The number of carbonyl (C=O) groups excluding carboxylic acids is 1. The van der Waals surface area contributed by atoms with Crippen molar-refractivity contribution in [1.82, 2.24) is 5.32 Å². The Morgan fingerprint density at radius 3 is 2.41 bits per heavy atom. The average Bonchev–Trinajstić information content (AvgIpc) is 2.36. The molecule has 0 aliphatic heterocycles. The first-order valence-electron chi connectivity index (χ1n) is 5.95. The van der Waals surface area contributed by atoms with Crippen LogP contribution in [0.4, 0.5) is 8.78 Å². The largest absolute Gasteiger partial charge is 0.390 e. The van der Waals surface area contributed by atoms with E-state index in [0.717, 1.165) is 12.8 Å². The molecule has 0 aromatic heterocycles. The number of halogens is 2. The van der Waals surface area contributed by atoms with Crippen LogP contribution >= 0.6 is 0 Å². The molecule has 0 unspecified atom stereocenters. The summed E-state index contributed by atoms with van der Waals surface area (Å²) in [5, 5.41) is 10.6. The van der Waals surface area contributed by atoms with Crippen molar-refractivity contribution in [1.29, 1.82) is 0 Å². The molecule has 1 saturated carbocycles. The van der Waals surface area contributed by atoms with Gasteiger partial charge in [0.15, 0.2) is 0 Å². The average molecular weight is 250 g/mol. The zero-order valence-electron chi connectivity index (χ0n) is 9.79. The van der Waals surface area contributed by atoms with Crippen LogP contribution in [0.5, 0.6) is 0 Å². The minimum absolute atomic E-state index is 0.188. The Morgan fingerprint density at radius 2 is 1.94 bits per heavy atom. The molecule has 1 aliphatic rings. The predicted octanol–water partition coefficient (Wildman–Crippen LogP) is 0.495. The van der Waals surface area contributed by atoms with Gasteiger partial charge in [-0.3, -0.25) is 4.79 Å². The minimum atomic E-state index is -3.23. The van der Waals surface area contributed by atoms with Crippen LogP contribution in [0.1, 0.15) is 25.7 Å². The van der Waals surface area contributed by atoms with Gasteiger partial charge in [0, 0.05) is 5.92 Å². The molecular weight excluding hydrogens is 230 g/mol. The third kappa shape index (κ3) is 4.55. The van der Waals surface area contributed by atoms with Crippen molar-refractivity contribution >= 4 is 5.91 Å². The standard InChI is InChI=1S/C11H20F2N2O2/c12-11(13,7-16)6-15-10(17)9-3-1-8(5-14)2-4-9/h8-9,16H,1-7,14H2,(H,15,17). The molecule has 0 atom stereocenters. The molecule has 1 rings (SSSR count). The number of rotatable bonds is 5. The molecule has 0 spiro atoms. The molecule has 6 heteroatoms. The van der Waals surface area contributed by atoms with Gasteiger partial charge >= 0.3 is 0 Å². The van der Waals surface area contributed by atoms with E-state index in [4.69, 9.17) is 10.8 Å². The fourth-order valence-electron chi connectivity index (χ4n) is 2.08. The van der Waals surface area contributed by atoms with Gasteiger partial charge in [0.05, 0.1) is 6.54 Å². The molecule has 17 heavy (non-hydrogen) atoms. The van der Waals surface area contributed by atoms with Gasteiger partial charge in [-0.05, 0) is 38.1 Å². The highest BCUT2D eigenvalue weighted by Gasteiger charge is 2.31. The van der Waals surface area contributed by atoms with Gasteiger partial charge in [-0.2, -0.15) is 0 Å². The van der Waals surface area contributed by atoms with E-state index in [-0.39, 0.29) is 11.8 Å². The van der Waals surface area contributed by atoms with E-state index >= 15 is 0 Å². The number of aliphatic hydroxyl groups excluding tert-OH is 1. The van der Waals surface area contributed by atoms with Crippen LogP contribution in [-0.4, -0.2) is 36.6 Å². The third-order valence-electron chi connectivity index (χ3n) is 3.30. The Kier molecular flexibility index (Phi) is 5.27. The van der Waals surface area contributed by atoms with E-state index in [1.54, 1.807) is 0 Å². The van der Waals surface area contributed by atoms with E-state index in [1.165, 1.54) is 0 Å². The Balaban J connectivity index is 2.30. The smallest absolute Gasteiger partial charge is 0.287 e. The van der Waals surface area contributed by atoms with E-state index in [0.29, 0.717) is 25.3 Å². The maximum absolute atomic E-state index is 12.7. The Hall–Kier alpha value is -0.750. The molecule has 1 amide bonds.